The number of benzene rings is 3. The molecule has 0 aliphatic heterocycles. The first-order chi connectivity index (χ1) is 12.2. The van der Waals surface area contributed by atoms with Gasteiger partial charge in [0.1, 0.15) is 0 Å². The van der Waals surface area contributed by atoms with E-state index in [1.54, 1.807) is 0 Å². The molecule has 25 heavy (non-hydrogen) atoms. The minimum atomic E-state index is -0.433. The van der Waals surface area contributed by atoms with Gasteiger partial charge in [0.25, 0.3) is 0 Å². The van der Waals surface area contributed by atoms with E-state index in [9.17, 15) is 4.79 Å². The molecule has 0 saturated carbocycles. The van der Waals surface area contributed by atoms with Crippen LogP contribution in [0, 0.1) is 0 Å². The fourth-order valence-corrected chi connectivity index (χ4v) is 2.76. The summed E-state index contributed by atoms with van der Waals surface area (Å²) in [7, 11) is 0. The second kappa shape index (κ2) is 8.27. The number of rotatable bonds is 6. The van der Waals surface area contributed by atoms with Crippen LogP contribution in [-0.4, -0.2) is 5.97 Å². The Labute approximate surface area is 148 Å². The van der Waals surface area contributed by atoms with E-state index in [4.69, 9.17) is 10.5 Å². The predicted molar refractivity (Wildman–Crippen MR) is 98.8 cm³/mol. The van der Waals surface area contributed by atoms with Crippen molar-refractivity contribution in [2.24, 2.45) is 5.73 Å². The molecule has 0 heterocycles. The Hall–Kier alpha value is -2.91. The van der Waals surface area contributed by atoms with E-state index in [-0.39, 0.29) is 18.4 Å². The maximum Gasteiger partial charge on any atom is 0.308 e. The van der Waals surface area contributed by atoms with Crippen molar-refractivity contribution in [1.82, 2.24) is 0 Å². The average molecular weight is 331 g/mol. The van der Waals surface area contributed by atoms with Crippen LogP contribution in [0.5, 0.6) is 0 Å². The maximum atomic E-state index is 12.5. The number of nitrogens with two attached hydrogens (primary N) is 1. The first-order valence-electron chi connectivity index (χ1n) is 8.34. The lowest BCUT2D eigenvalue weighted by Gasteiger charge is -2.20. The summed E-state index contributed by atoms with van der Waals surface area (Å²) in [4.78, 5) is 12.5. The van der Waals surface area contributed by atoms with Gasteiger partial charge < -0.3 is 10.5 Å². The van der Waals surface area contributed by atoms with Gasteiger partial charge in [-0.25, -0.2) is 0 Å². The number of carbonyl (C=O) groups is 1. The van der Waals surface area contributed by atoms with E-state index in [2.05, 4.69) is 0 Å². The smallest absolute Gasteiger partial charge is 0.308 e. The van der Waals surface area contributed by atoms with Gasteiger partial charge >= 0.3 is 5.97 Å². The molecule has 0 fully saturated rings. The molecular formula is C22H21NO2. The summed E-state index contributed by atoms with van der Waals surface area (Å²) < 4.78 is 5.80. The van der Waals surface area contributed by atoms with Crippen molar-refractivity contribution in [3.8, 4) is 0 Å². The van der Waals surface area contributed by atoms with Gasteiger partial charge in [-0.2, -0.15) is 0 Å². The molecule has 0 bridgehead atoms. The summed E-state index contributed by atoms with van der Waals surface area (Å²) in [5, 5.41) is 0. The molecule has 0 aliphatic carbocycles. The van der Waals surface area contributed by atoms with Crippen molar-refractivity contribution >= 4 is 5.97 Å². The number of hydrogen-bond donors (Lipinski definition) is 1. The molecule has 0 aromatic heterocycles. The summed E-state index contributed by atoms with van der Waals surface area (Å²) in [6, 6.07) is 28.7. The van der Waals surface area contributed by atoms with Crippen molar-refractivity contribution < 1.29 is 9.53 Å². The van der Waals surface area contributed by atoms with E-state index in [1.165, 1.54) is 0 Å². The Bertz CT molecular complexity index is 749. The van der Waals surface area contributed by atoms with Gasteiger partial charge in [-0.3, -0.25) is 4.79 Å². The largest absolute Gasteiger partial charge is 0.452 e. The lowest BCUT2D eigenvalue weighted by atomic mass is 10.0. The monoisotopic (exact) mass is 331 g/mol. The van der Waals surface area contributed by atoms with E-state index in [0.717, 1.165) is 16.7 Å². The normalized spacial score (nSPS) is 11.9. The molecule has 0 aliphatic rings. The molecule has 3 heteroatoms. The second-order valence-corrected chi connectivity index (χ2v) is 5.91. The van der Waals surface area contributed by atoms with Crippen molar-refractivity contribution in [2.75, 3.05) is 0 Å². The molecule has 0 amide bonds. The Morgan fingerprint density at radius 2 is 1.12 bits per heavy atom. The molecule has 1 unspecified atom stereocenters. The highest BCUT2D eigenvalue weighted by atomic mass is 16.5. The molecule has 3 aromatic carbocycles. The van der Waals surface area contributed by atoms with Crippen LogP contribution in [0.25, 0.3) is 0 Å². The first kappa shape index (κ1) is 16.9. The predicted octanol–water partition coefficient (Wildman–Crippen LogP) is 4.41. The molecule has 3 nitrogen and oxygen atoms in total. The van der Waals surface area contributed by atoms with Crippen LogP contribution in [0.3, 0.4) is 0 Å². The van der Waals surface area contributed by atoms with Crippen LogP contribution in [0.2, 0.25) is 0 Å². The minimum absolute atomic E-state index is 0.139. The molecule has 0 radical (unpaired) electrons. The maximum absolute atomic E-state index is 12.5. The molecule has 0 spiro atoms. The molecule has 3 aromatic rings. The zero-order valence-corrected chi connectivity index (χ0v) is 13.9. The summed E-state index contributed by atoms with van der Waals surface area (Å²) in [6.45, 7) is 0. The van der Waals surface area contributed by atoms with Crippen molar-refractivity contribution in [2.45, 2.75) is 18.6 Å². The van der Waals surface area contributed by atoms with Gasteiger partial charge in [0.05, 0.1) is 6.42 Å². The molecule has 0 saturated heterocycles. The van der Waals surface area contributed by atoms with Crippen LogP contribution in [0.15, 0.2) is 91.0 Å². The topological polar surface area (TPSA) is 52.3 Å². The Kier molecular flexibility index (Phi) is 5.60. The fourth-order valence-electron chi connectivity index (χ4n) is 2.76. The highest BCUT2D eigenvalue weighted by molar-refractivity contribution is 5.71. The highest BCUT2D eigenvalue weighted by Gasteiger charge is 2.20. The van der Waals surface area contributed by atoms with Crippen LogP contribution in [-0.2, 0) is 9.53 Å². The number of ether oxygens (including phenoxy) is 1. The third kappa shape index (κ3) is 4.55. The van der Waals surface area contributed by atoms with E-state index >= 15 is 0 Å². The van der Waals surface area contributed by atoms with Crippen molar-refractivity contribution in [3.05, 3.63) is 108 Å². The summed E-state index contributed by atoms with van der Waals surface area (Å²) >= 11 is 0. The quantitative estimate of drug-likeness (QED) is 0.681. The third-order valence-electron chi connectivity index (χ3n) is 4.07. The van der Waals surface area contributed by atoms with Crippen molar-refractivity contribution in [1.29, 1.82) is 0 Å². The molecule has 3 rings (SSSR count). The minimum Gasteiger partial charge on any atom is -0.452 e. The van der Waals surface area contributed by atoms with Crippen LogP contribution < -0.4 is 5.73 Å². The molecule has 1 atom stereocenters. The number of hydrogen-bond acceptors (Lipinski definition) is 3. The van der Waals surface area contributed by atoms with Crippen LogP contribution in [0.1, 0.15) is 35.3 Å². The SMILES string of the molecule is NC(CC(=O)OC(c1ccccc1)c1ccccc1)c1ccccc1. The van der Waals surface area contributed by atoms with E-state index in [1.807, 2.05) is 91.0 Å². The zero-order chi connectivity index (χ0) is 17.5. The molecule has 2 N–H and O–H groups in total. The van der Waals surface area contributed by atoms with Gasteiger partial charge in [0.2, 0.25) is 0 Å². The zero-order valence-electron chi connectivity index (χ0n) is 13.9. The van der Waals surface area contributed by atoms with Gasteiger partial charge in [-0.15, -0.1) is 0 Å². The molecule has 126 valence electrons. The highest BCUT2D eigenvalue weighted by Crippen LogP contribution is 2.27. The Morgan fingerprint density at radius 1 is 0.720 bits per heavy atom. The Morgan fingerprint density at radius 3 is 1.56 bits per heavy atom. The summed E-state index contributed by atoms with van der Waals surface area (Å²) in [5.74, 6) is -0.311. The summed E-state index contributed by atoms with van der Waals surface area (Å²) in [5.41, 5.74) is 8.95. The van der Waals surface area contributed by atoms with Crippen LogP contribution in [0.4, 0.5) is 0 Å². The first-order valence-corrected chi connectivity index (χ1v) is 8.34. The fraction of sp³-hybridized carbons (Fsp3) is 0.136. The van der Waals surface area contributed by atoms with Gasteiger partial charge in [0, 0.05) is 6.04 Å². The van der Waals surface area contributed by atoms with Crippen LogP contribution >= 0.6 is 0 Å². The summed E-state index contributed by atoms with van der Waals surface area (Å²) in [6.07, 6.45) is -0.293. The standard InChI is InChI=1S/C22H21NO2/c23-20(17-10-4-1-5-11-17)16-21(24)25-22(18-12-6-2-7-13-18)19-14-8-3-9-15-19/h1-15,20,22H,16,23H2. The van der Waals surface area contributed by atoms with Gasteiger partial charge in [0.15, 0.2) is 6.10 Å². The average Bonchev–Trinajstić information content (AvgIpc) is 2.68. The van der Waals surface area contributed by atoms with E-state index < -0.39 is 6.10 Å². The molecular weight excluding hydrogens is 310 g/mol. The van der Waals surface area contributed by atoms with Gasteiger partial charge in [-0.05, 0) is 16.7 Å². The van der Waals surface area contributed by atoms with E-state index in [0.29, 0.717) is 0 Å². The lowest BCUT2D eigenvalue weighted by Crippen LogP contribution is -2.19. The number of esters is 1. The van der Waals surface area contributed by atoms with Crippen molar-refractivity contribution in [3.63, 3.8) is 0 Å². The lowest BCUT2D eigenvalue weighted by molar-refractivity contribution is -0.148. The number of carbonyl (C=O) groups excluding carboxylic acids is 1. The Balaban J connectivity index is 1.75. The second-order valence-electron chi connectivity index (χ2n) is 5.91. The third-order valence-corrected chi connectivity index (χ3v) is 4.07. The van der Waals surface area contributed by atoms with Gasteiger partial charge in [-0.1, -0.05) is 91.0 Å².